The third kappa shape index (κ3) is 58.6. The number of esters is 3. The monoisotopic (exact) mass is 1010 g/mol. The molecule has 0 spiro atoms. The number of allylic oxidation sites excluding steroid dienone is 20. The molecule has 0 fully saturated rings. The summed E-state index contributed by atoms with van der Waals surface area (Å²) in [5, 5.41) is 0. The summed E-state index contributed by atoms with van der Waals surface area (Å²) in [7, 11) is 0. The van der Waals surface area contributed by atoms with E-state index >= 15 is 0 Å². The molecule has 0 aliphatic carbocycles. The molecule has 0 amide bonds. The fourth-order valence-corrected chi connectivity index (χ4v) is 7.99. The van der Waals surface area contributed by atoms with Crippen molar-refractivity contribution in [1.82, 2.24) is 0 Å². The minimum atomic E-state index is -0.808. The van der Waals surface area contributed by atoms with Crippen molar-refractivity contribution in [3.63, 3.8) is 0 Å². The predicted octanol–water partition coefficient (Wildman–Crippen LogP) is 20.4. The molecule has 6 nitrogen and oxygen atoms in total. The summed E-state index contributed by atoms with van der Waals surface area (Å²) in [4.78, 5) is 38.2. The summed E-state index contributed by atoms with van der Waals surface area (Å²) < 4.78 is 16.8. The minimum absolute atomic E-state index is 0.101. The smallest absolute Gasteiger partial charge is 0.306 e. The van der Waals surface area contributed by atoms with Gasteiger partial charge in [-0.15, -0.1) is 0 Å². The van der Waals surface area contributed by atoms with Gasteiger partial charge in [-0.05, 0) is 122 Å². The predicted molar refractivity (Wildman–Crippen MR) is 316 cm³/mol. The number of rotatable bonds is 53. The average molecular weight is 1010 g/mol. The van der Waals surface area contributed by atoms with Crippen LogP contribution in [0.5, 0.6) is 0 Å². The second kappa shape index (κ2) is 60.4. The molecule has 0 radical (unpaired) electrons. The Bertz CT molecular complexity index is 1540. The van der Waals surface area contributed by atoms with Crippen LogP contribution in [0.25, 0.3) is 0 Å². The number of ether oxygens (including phenoxy) is 3. The standard InChI is InChI=1S/C67H110O6/c1-4-7-10-13-16-19-22-25-27-28-29-30-31-32-33-34-35-36-37-38-40-42-45-48-51-54-57-60-66(69)72-63-64(62-71-65(68)59-56-53-50-47-44-41-24-21-18-15-12-9-6-3)73-67(70)61-58-55-52-49-46-43-39-26-23-20-17-14-11-8-5-2/h7-8,10-12,15-17,19-21,24-27,29-30,39,46,49,64H,4-6,9,13-14,18,22-23,28,31-38,40-45,47-48,50-63H2,1-3H3/b10-7-,11-8-,15-12-,19-16-,20-17-,24-21-,27-25-,30-29-,39-26-,49-46-. The fraction of sp³-hybridized carbons (Fsp3) is 0.657. The lowest BCUT2D eigenvalue weighted by molar-refractivity contribution is -0.167. The SMILES string of the molecule is CC/C=C\C/C=C\C/C=C\C/C=C\CCCCCCCCCCCCCCCCC(=O)OCC(COC(=O)CCCCCCC/C=C\C/C=C\CCC)OC(=O)CCCC/C=C\C/C=C\C/C=C\C/C=C\CC. The van der Waals surface area contributed by atoms with Gasteiger partial charge in [-0.3, -0.25) is 14.4 Å². The topological polar surface area (TPSA) is 78.9 Å². The molecule has 73 heavy (non-hydrogen) atoms. The number of carbonyl (C=O) groups is 3. The molecule has 0 heterocycles. The van der Waals surface area contributed by atoms with Crippen molar-refractivity contribution in [2.24, 2.45) is 0 Å². The summed E-state index contributed by atoms with van der Waals surface area (Å²) in [6.07, 6.45) is 83.5. The maximum absolute atomic E-state index is 12.8. The van der Waals surface area contributed by atoms with Gasteiger partial charge in [0.2, 0.25) is 0 Å². The number of unbranched alkanes of at least 4 members (excludes halogenated alkanes) is 22. The van der Waals surface area contributed by atoms with Crippen molar-refractivity contribution >= 4 is 17.9 Å². The van der Waals surface area contributed by atoms with E-state index in [1.54, 1.807) is 0 Å². The first-order valence-electron chi connectivity index (χ1n) is 30.0. The van der Waals surface area contributed by atoms with Crippen LogP contribution in [-0.2, 0) is 28.6 Å². The van der Waals surface area contributed by atoms with Gasteiger partial charge in [-0.25, -0.2) is 0 Å². The van der Waals surface area contributed by atoms with Crippen molar-refractivity contribution in [2.75, 3.05) is 13.2 Å². The second-order valence-corrected chi connectivity index (χ2v) is 19.5. The van der Waals surface area contributed by atoms with Gasteiger partial charge in [-0.1, -0.05) is 245 Å². The highest BCUT2D eigenvalue weighted by atomic mass is 16.6. The highest BCUT2D eigenvalue weighted by Crippen LogP contribution is 2.15. The van der Waals surface area contributed by atoms with Crippen LogP contribution in [0.3, 0.4) is 0 Å². The maximum Gasteiger partial charge on any atom is 0.306 e. The van der Waals surface area contributed by atoms with E-state index in [4.69, 9.17) is 14.2 Å². The molecule has 6 heteroatoms. The fourth-order valence-electron chi connectivity index (χ4n) is 7.99. The van der Waals surface area contributed by atoms with Gasteiger partial charge in [0.05, 0.1) is 0 Å². The molecule has 0 saturated carbocycles. The van der Waals surface area contributed by atoms with E-state index in [2.05, 4.69) is 142 Å². The Hall–Kier alpha value is -4.19. The van der Waals surface area contributed by atoms with E-state index in [9.17, 15) is 14.4 Å². The van der Waals surface area contributed by atoms with E-state index in [1.165, 1.54) is 83.5 Å². The van der Waals surface area contributed by atoms with Crippen LogP contribution in [0.4, 0.5) is 0 Å². The molecule has 0 aromatic rings. The Morgan fingerprint density at radius 3 is 0.863 bits per heavy atom. The highest BCUT2D eigenvalue weighted by molar-refractivity contribution is 5.71. The molecular weight excluding hydrogens is 901 g/mol. The first kappa shape index (κ1) is 68.8. The number of hydrogen-bond donors (Lipinski definition) is 0. The summed E-state index contributed by atoms with van der Waals surface area (Å²) in [5.74, 6) is -0.958. The van der Waals surface area contributed by atoms with Gasteiger partial charge in [0.15, 0.2) is 6.10 Å². The number of carbonyl (C=O) groups excluding carboxylic acids is 3. The Labute approximate surface area is 450 Å². The zero-order chi connectivity index (χ0) is 52.9. The van der Waals surface area contributed by atoms with Crippen molar-refractivity contribution in [3.8, 4) is 0 Å². The summed E-state index contributed by atoms with van der Waals surface area (Å²) in [6.45, 7) is 6.30. The first-order valence-corrected chi connectivity index (χ1v) is 30.0. The van der Waals surface area contributed by atoms with Crippen LogP contribution >= 0.6 is 0 Å². The van der Waals surface area contributed by atoms with Crippen molar-refractivity contribution in [3.05, 3.63) is 122 Å². The first-order chi connectivity index (χ1) is 36.0. The largest absolute Gasteiger partial charge is 0.462 e. The van der Waals surface area contributed by atoms with Gasteiger partial charge in [-0.2, -0.15) is 0 Å². The van der Waals surface area contributed by atoms with Crippen LogP contribution in [-0.4, -0.2) is 37.2 Å². The molecule has 0 aromatic heterocycles. The molecule has 0 rings (SSSR count). The zero-order valence-corrected chi connectivity index (χ0v) is 47.4. The molecule has 0 aliphatic heterocycles. The Kier molecular flexibility index (Phi) is 56.9. The van der Waals surface area contributed by atoms with E-state index < -0.39 is 6.10 Å². The number of hydrogen-bond acceptors (Lipinski definition) is 6. The molecule has 414 valence electrons. The van der Waals surface area contributed by atoms with E-state index in [0.29, 0.717) is 19.3 Å². The Morgan fingerprint density at radius 1 is 0.288 bits per heavy atom. The van der Waals surface area contributed by atoms with Gasteiger partial charge in [0, 0.05) is 19.3 Å². The lowest BCUT2D eigenvalue weighted by Crippen LogP contribution is -2.30. The molecule has 0 saturated heterocycles. The van der Waals surface area contributed by atoms with E-state index in [0.717, 1.165) is 135 Å². The highest BCUT2D eigenvalue weighted by Gasteiger charge is 2.19. The maximum atomic E-state index is 12.8. The van der Waals surface area contributed by atoms with Crippen LogP contribution in [0.2, 0.25) is 0 Å². The van der Waals surface area contributed by atoms with Crippen LogP contribution in [0.15, 0.2) is 122 Å². The van der Waals surface area contributed by atoms with Crippen LogP contribution < -0.4 is 0 Å². The quantitative estimate of drug-likeness (QED) is 0.0261. The van der Waals surface area contributed by atoms with Crippen molar-refractivity contribution in [2.45, 2.75) is 271 Å². The van der Waals surface area contributed by atoms with Gasteiger partial charge >= 0.3 is 17.9 Å². The third-order valence-electron chi connectivity index (χ3n) is 12.4. The lowest BCUT2D eigenvalue weighted by Gasteiger charge is -2.18. The van der Waals surface area contributed by atoms with E-state index in [1.807, 2.05) is 0 Å². The van der Waals surface area contributed by atoms with E-state index in [-0.39, 0.29) is 37.5 Å². The Morgan fingerprint density at radius 2 is 0.534 bits per heavy atom. The summed E-state index contributed by atoms with van der Waals surface area (Å²) in [5.41, 5.74) is 0. The summed E-state index contributed by atoms with van der Waals surface area (Å²) >= 11 is 0. The minimum Gasteiger partial charge on any atom is -0.462 e. The molecule has 0 bridgehead atoms. The molecule has 1 unspecified atom stereocenters. The zero-order valence-electron chi connectivity index (χ0n) is 47.4. The molecule has 0 aromatic carbocycles. The van der Waals surface area contributed by atoms with Gasteiger partial charge in [0.1, 0.15) is 13.2 Å². The van der Waals surface area contributed by atoms with Gasteiger partial charge < -0.3 is 14.2 Å². The normalized spacial score (nSPS) is 13.0. The molecular formula is C67H110O6. The molecule has 0 aliphatic rings. The van der Waals surface area contributed by atoms with Crippen LogP contribution in [0, 0.1) is 0 Å². The molecule has 1 atom stereocenters. The summed E-state index contributed by atoms with van der Waals surface area (Å²) in [6, 6.07) is 0. The average Bonchev–Trinajstić information content (AvgIpc) is 3.39. The molecule has 0 N–H and O–H groups in total. The van der Waals surface area contributed by atoms with Crippen molar-refractivity contribution < 1.29 is 28.6 Å². The third-order valence-corrected chi connectivity index (χ3v) is 12.4. The van der Waals surface area contributed by atoms with Crippen LogP contribution in [0.1, 0.15) is 265 Å². The second-order valence-electron chi connectivity index (χ2n) is 19.5. The van der Waals surface area contributed by atoms with Gasteiger partial charge in [0.25, 0.3) is 0 Å². The Balaban J connectivity index is 4.31. The lowest BCUT2D eigenvalue weighted by atomic mass is 10.0. The van der Waals surface area contributed by atoms with Crippen molar-refractivity contribution in [1.29, 1.82) is 0 Å².